The van der Waals surface area contributed by atoms with Crippen molar-refractivity contribution in [2.24, 2.45) is 0 Å². The number of nitrogens with zero attached hydrogens (tertiary/aromatic N) is 2. The van der Waals surface area contributed by atoms with Gasteiger partial charge in [-0.25, -0.2) is 14.5 Å². The van der Waals surface area contributed by atoms with E-state index < -0.39 is 23.8 Å². The van der Waals surface area contributed by atoms with Crippen molar-refractivity contribution in [3.63, 3.8) is 0 Å². The largest absolute Gasteiger partial charge is 0.465 e. The lowest BCUT2D eigenvalue weighted by Gasteiger charge is -2.26. The Kier molecular flexibility index (Phi) is 6.62. The van der Waals surface area contributed by atoms with Gasteiger partial charge in [0.15, 0.2) is 0 Å². The Morgan fingerprint density at radius 1 is 0.947 bits per heavy atom. The molecular weight excluding hydrogens is 482 g/mol. The molecule has 1 N–H and O–H groups in total. The maximum atomic E-state index is 13.4. The van der Waals surface area contributed by atoms with Crippen LogP contribution in [0.4, 0.5) is 10.5 Å². The highest BCUT2D eigenvalue weighted by Crippen LogP contribution is 2.27. The molecular formula is C30H25N3O5. The average Bonchev–Trinajstić information content (AvgIpc) is 3.28. The molecule has 4 amide bonds. The summed E-state index contributed by atoms with van der Waals surface area (Å²) in [4.78, 5) is 51.7. The van der Waals surface area contributed by atoms with Gasteiger partial charge in [-0.3, -0.25) is 14.9 Å². The van der Waals surface area contributed by atoms with E-state index in [1.165, 1.54) is 13.2 Å². The molecule has 0 unspecified atom stereocenters. The first kappa shape index (κ1) is 24.7. The number of aromatic nitrogens is 1. The standard InChI is InChI=1S/C30H25N3O5/c1-3-19-11-13-23(14-12-19)33-28(35)25(27(34)31-30(33)37)16-22-18-32(26-10-5-4-9-24(22)26)17-20-7-6-8-21(15-20)29(36)38-2/h4-16,18H,3,17H2,1-2H3,(H,31,34,37)/b25-16+. The van der Waals surface area contributed by atoms with Crippen molar-refractivity contribution in [1.29, 1.82) is 0 Å². The van der Waals surface area contributed by atoms with Gasteiger partial charge in [0.1, 0.15) is 5.57 Å². The van der Waals surface area contributed by atoms with Crippen molar-refractivity contribution in [2.75, 3.05) is 12.0 Å². The molecule has 190 valence electrons. The summed E-state index contributed by atoms with van der Waals surface area (Å²) in [5, 5.41) is 3.12. The van der Waals surface area contributed by atoms with Gasteiger partial charge in [-0.2, -0.15) is 0 Å². The Bertz CT molecular complexity index is 1610. The summed E-state index contributed by atoms with van der Waals surface area (Å²) < 4.78 is 6.81. The van der Waals surface area contributed by atoms with E-state index in [2.05, 4.69) is 5.32 Å². The molecule has 0 aliphatic carbocycles. The lowest BCUT2D eigenvalue weighted by molar-refractivity contribution is -0.122. The normalized spacial score (nSPS) is 14.7. The first-order valence-electron chi connectivity index (χ1n) is 12.1. The summed E-state index contributed by atoms with van der Waals surface area (Å²) in [6.45, 7) is 2.46. The quantitative estimate of drug-likeness (QED) is 0.232. The van der Waals surface area contributed by atoms with E-state index in [4.69, 9.17) is 4.74 Å². The predicted octanol–water partition coefficient (Wildman–Crippen LogP) is 4.71. The number of hydrogen-bond donors (Lipinski definition) is 1. The average molecular weight is 508 g/mol. The molecule has 8 heteroatoms. The minimum absolute atomic E-state index is 0.139. The predicted molar refractivity (Wildman–Crippen MR) is 144 cm³/mol. The number of anilines is 1. The van der Waals surface area contributed by atoms with Gasteiger partial charge in [-0.1, -0.05) is 49.4 Å². The van der Waals surface area contributed by atoms with Gasteiger partial charge in [0, 0.05) is 29.2 Å². The second kappa shape index (κ2) is 10.2. The van der Waals surface area contributed by atoms with Crippen LogP contribution in [0.3, 0.4) is 0 Å². The number of rotatable bonds is 6. The monoisotopic (exact) mass is 507 g/mol. The highest BCUT2D eigenvalue weighted by molar-refractivity contribution is 6.39. The molecule has 0 spiro atoms. The van der Waals surface area contributed by atoms with Gasteiger partial charge in [0.25, 0.3) is 11.8 Å². The highest BCUT2D eigenvalue weighted by Gasteiger charge is 2.37. The van der Waals surface area contributed by atoms with Crippen molar-refractivity contribution in [3.05, 3.63) is 107 Å². The number of nitrogens with one attached hydrogen (secondary N) is 1. The zero-order valence-corrected chi connectivity index (χ0v) is 20.9. The minimum atomic E-state index is -0.783. The Labute approximate surface area is 219 Å². The zero-order valence-electron chi connectivity index (χ0n) is 20.9. The van der Waals surface area contributed by atoms with Crippen LogP contribution in [0, 0.1) is 0 Å². The summed E-state index contributed by atoms with van der Waals surface area (Å²) in [6, 6.07) is 21.1. The van der Waals surface area contributed by atoms with Crippen LogP contribution in [0.2, 0.25) is 0 Å². The van der Waals surface area contributed by atoms with Crippen LogP contribution in [0.15, 0.2) is 84.6 Å². The van der Waals surface area contributed by atoms with E-state index in [0.29, 0.717) is 23.4 Å². The Balaban J connectivity index is 1.53. The fourth-order valence-electron chi connectivity index (χ4n) is 4.56. The molecule has 5 rings (SSSR count). The van der Waals surface area contributed by atoms with Crippen molar-refractivity contribution < 1.29 is 23.9 Å². The first-order chi connectivity index (χ1) is 18.4. The first-order valence-corrected chi connectivity index (χ1v) is 12.1. The summed E-state index contributed by atoms with van der Waals surface area (Å²) in [7, 11) is 1.34. The number of carbonyl (C=O) groups is 4. The van der Waals surface area contributed by atoms with Gasteiger partial charge in [0.2, 0.25) is 0 Å². The minimum Gasteiger partial charge on any atom is -0.465 e. The van der Waals surface area contributed by atoms with Crippen LogP contribution in [0.1, 0.15) is 34.0 Å². The van der Waals surface area contributed by atoms with Crippen molar-refractivity contribution in [2.45, 2.75) is 19.9 Å². The molecule has 4 aromatic rings. The van der Waals surface area contributed by atoms with Crippen molar-refractivity contribution >= 4 is 46.5 Å². The molecule has 0 atom stereocenters. The van der Waals surface area contributed by atoms with Crippen LogP contribution in [0.5, 0.6) is 0 Å². The molecule has 1 aliphatic rings. The van der Waals surface area contributed by atoms with E-state index in [9.17, 15) is 19.2 Å². The molecule has 1 saturated heterocycles. The van der Waals surface area contributed by atoms with Gasteiger partial charge < -0.3 is 9.30 Å². The van der Waals surface area contributed by atoms with Gasteiger partial charge in [-0.15, -0.1) is 0 Å². The number of amides is 4. The summed E-state index contributed by atoms with van der Waals surface area (Å²) in [6.07, 6.45) is 4.18. The number of hydrogen-bond acceptors (Lipinski definition) is 5. The van der Waals surface area contributed by atoms with Gasteiger partial charge >= 0.3 is 12.0 Å². The third kappa shape index (κ3) is 4.59. The lowest BCUT2D eigenvalue weighted by atomic mass is 10.1. The zero-order chi connectivity index (χ0) is 26.8. The van der Waals surface area contributed by atoms with Gasteiger partial charge in [0.05, 0.1) is 18.4 Å². The number of methoxy groups -OCH3 is 1. The van der Waals surface area contributed by atoms with E-state index >= 15 is 0 Å². The van der Waals surface area contributed by atoms with Crippen molar-refractivity contribution in [3.8, 4) is 0 Å². The van der Waals surface area contributed by atoms with E-state index in [-0.39, 0.29) is 5.57 Å². The number of carbonyl (C=O) groups excluding carboxylic acids is 4. The van der Waals surface area contributed by atoms with Crippen LogP contribution < -0.4 is 10.2 Å². The number of fused-ring (bicyclic) bond motifs is 1. The summed E-state index contributed by atoms with van der Waals surface area (Å²) >= 11 is 0. The van der Waals surface area contributed by atoms with E-state index in [1.54, 1.807) is 30.3 Å². The molecule has 1 aliphatic heterocycles. The second-order valence-corrected chi connectivity index (χ2v) is 8.90. The molecule has 0 bridgehead atoms. The van der Waals surface area contributed by atoms with Gasteiger partial charge in [-0.05, 0) is 54.0 Å². The van der Waals surface area contributed by atoms with E-state index in [0.717, 1.165) is 33.4 Å². The molecule has 0 radical (unpaired) electrons. The molecule has 38 heavy (non-hydrogen) atoms. The molecule has 1 fully saturated rings. The smallest absolute Gasteiger partial charge is 0.337 e. The van der Waals surface area contributed by atoms with Crippen LogP contribution in [-0.4, -0.2) is 35.5 Å². The molecule has 3 aromatic carbocycles. The lowest BCUT2D eigenvalue weighted by Crippen LogP contribution is -2.54. The topological polar surface area (TPSA) is 97.7 Å². The molecule has 8 nitrogen and oxygen atoms in total. The third-order valence-electron chi connectivity index (χ3n) is 6.52. The fourth-order valence-corrected chi connectivity index (χ4v) is 4.56. The summed E-state index contributed by atoms with van der Waals surface area (Å²) in [5.41, 5.74) is 4.18. The highest BCUT2D eigenvalue weighted by atomic mass is 16.5. The number of ether oxygens (including phenoxy) is 1. The Morgan fingerprint density at radius 2 is 1.71 bits per heavy atom. The SMILES string of the molecule is CCc1ccc(N2C(=O)NC(=O)/C(=C\c3cn(Cc4cccc(C(=O)OC)c4)c4ccccc34)C2=O)cc1. The fraction of sp³-hybridized carbons (Fsp3) is 0.133. The number of imide groups is 2. The Morgan fingerprint density at radius 3 is 2.45 bits per heavy atom. The van der Waals surface area contributed by atoms with Crippen LogP contribution in [0.25, 0.3) is 17.0 Å². The number of benzene rings is 3. The maximum absolute atomic E-state index is 13.4. The molecule has 0 saturated carbocycles. The summed E-state index contributed by atoms with van der Waals surface area (Å²) in [5.74, 6) is -1.85. The molecule has 1 aromatic heterocycles. The van der Waals surface area contributed by atoms with Crippen molar-refractivity contribution in [1.82, 2.24) is 9.88 Å². The number of barbiturate groups is 1. The number of para-hydroxylation sites is 1. The van der Waals surface area contributed by atoms with Crippen LogP contribution in [-0.2, 0) is 27.3 Å². The maximum Gasteiger partial charge on any atom is 0.337 e. The molecule has 2 heterocycles. The number of aryl methyl sites for hydroxylation is 1. The Hall–Kier alpha value is -4.98. The number of esters is 1. The van der Waals surface area contributed by atoms with E-state index in [1.807, 2.05) is 60.2 Å². The van der Waals surface area contributed by atoms with Crippen LogP contribution >= 0.6 is 0 Å². The second-order valence-electron chi connectivity index (χ2n) is 8.90. The third-order valence-corrected chi connectivity index (χ3v) is 6.52. The number of urea groups is 1.